The Hall–Kier alpha value is -0.730. The van der Waals surface area contributed by atoms with Gasteiger partial charge in [0.25, 0.3) is 0 Å². The van der Waals surface area contributed by atoms with Crippen molar-refractivity contribution in [1.29, 1.82) is 0 Å². The van der Waals surface area contributed by atoms with Crippen LogP contribution in [0.25, 0.3) is 0 Å². The number of carbonyl (C=O) groups is 1. The SMILES string of the molecule is CCCN(CCN=C(N)N)C(=O)OC(C)(C)C.I. The first-order chi connectivity index (χ1) is 7.76. The van der Waals surface area contributed by atoms with Crippen LogP contribution in [0.5, 0.6) is 0 Å². The molecule has 0 bridgehead atoms. The molecule has 0 aliphatic heterocycles. The standard InChI is InChI=1S/C11H24N4O2.HI/c1-5-7-15(8-6-14-9(12)13)10(16)17-11(2,3)4;/h5-8H2,1-4H3,(H4,12,13,14);1H. The Morgan fingerprint density at radius 3 is 2.22 bits per heavy atom. The van der Waals surface area contributed by atoms with E-state index in [0.717, 1.165) is 6.42 Å². The molecule has 0 aromatic heterocycles. The zero-order valence-corrected chi connectivity index (χ0v) is 13.9. The lowest BCUT2D eigenvalue weighted by molar-refractivity contribution is 0.0256. The van der Waals surface area contributed by atoms with Gasteiger partial charge in [-0.15, -0.1) is 24.0 Å². The van der Waals surface area contributed by atoms with Crippen LogP contribution < -0.4 is 11.5 Å². The fraction of sp³-hybridized carbons (Fsp3) is 0.818. The number of carbonyl (C=O) groups excluding carboxylic acids is 1. The Kier molecular flexibility index (Phi) is 10.1. The van der Waals surface area contributed by atoms with Gasteiger partial charge in [0.1, 0.15) is 5.60 Å². The molecule has 0 spiro atoms. The van der Waals surface area contributed by atoms with E-state index in [4.69, 9.17) is 16.2 Å². The van der Waals surface area contributed by atoms with E-state index in [1.54, 1.807) is 4.90 Å². The average Bonchev–Trinajstić information content (AvgIpc) is 2.13. The Labute approximate surface area is 126 Å². The predicted octanol–water partition coefficient (Wildman–Crippen LogP) is 1.52. The molecule has 0 saturated heterocycles. The lowest BCUT2D eigenvalue weighted by Crippen LogP contribution is -2.39. The zero-order chi connectivity index (χ0) is 13.5. The van der Waals surface area contributed by atoms with Crippen LogP contribution in [0.2, 0.25) is 0 Å². The normalized spacial score (nSPS) is 10.2. The summed E-state index contributed by atoms with van der Waals surface area (Å²) in [6, 6.07) is 0. The van der Waals surface area contributed by atoms with Crippen LogP contribution in [0.4, 0.5) is 4.79 Å². The number of hydrogen-bond acceptors (Lipinski definition) is 3. The number of halogens is 1. The number of nitrogens with zero attached hydrogens (tertiary/aromatic N) is 2. The van der Waals surface area contributed by atoms with E-state index in [-0.39, 0.29) is 36.0 Å². The summed E-state index contributed by atoms with van der Waals surface area (Å²) in [5, 5.41) is 0. The van der Waals surface area contributed by atoms with Crippen molar-refractivity contribution < 1.29 is 9.53 Å². The van der Waals surface area contributed by atoms with Gasteiger partial charge < -0.3 is 21.1 Å². The van der Waals surface area contributed by atoms with E-state index < -0.39 is 5.60 Å². The van der Waals surface area contributed by atoms with Gasteiger partial charge in [0.05, 0.1) is 6.54 Å². The highest BCUT2D eigenvalue weighted by Gasteiger charge is 2.21. The molecular formula is C11H25IN4O2. The summed E-state index contributed by atoms with van der Waals surface area (Å²) in [5.41, 5.74) is 9.96. The minimum Gasteiger partial charge on any atom is -0.444 e. The van der Waals surface area contributed by atoms with Gasteiger partial charge in [0.15, 0.2) is 5.96 Å². The molecule has 0 aromatic rings. The van der Waals surface area contributed by atoms with E-state index in [9.17, 15) is 4.79 Å². The molecule has 0 heterocycles. The third-order valence-corrected chi connectivity index (χ3v) is 1.81. The highest BCUT2D eigenvalue weighted by molar-refractivity contribution is 14.0. The van der Waals surface area contributed by atoms with Crippen molar-refractivity contribution >= 4 is 36.0 Å². The van der Waals surface area contributed by atoms with Crippen molar-refractivity contribution in [3.05, 3.63) is 0 Å². The average molecular weight is 372 g/mol. The molecule has 108 valence electrons. The van der Waals surface area contributed by atoms with Crippen LogP contribution >= 0.6 is 24.0 Å². The predicted molar refractivity (Wildman–Crippen MR) is 84.2 cm³/mol. The first-order valence-electron chi connectivity index (χ1n) is 5.79. The summed E-state index contributed by atoms with van der Waals surface area (Å²) in [6.07, 6.45) is 0.534. The molecule has 0 aliphatic carbocycles. The monoisotopic (exact) mass is 372 g/mol. The van der Waals surface area contributed by atoms with Crippen molar-refractivity contribution in [2.24, 2.45) is 16.5 Å². The van der Waals surface area contributed by atoms with Gasteiger partial charge in [-0.2, -0.15) is 0 Å². The summed E-state index contributed by atoms with van der Waals surface area (Å²) >= 11 is 0. The molecule has 0 fully saturated rings. The molecule has 0 saturated carbocycles. The van der Waals surface area contributed by atoms with Gasteiger partial charge >= 0.3 is 6.09 Å². The molecule has 6 nitrogen and oxygen atoms in total. The quantitative estimate of drug-likeness (QED) is 0.435. The van der Waals surface area contributed by atoms with Crippen LogP contribution in [0, 0.1) is 0 Å². The maximum absolute atomic E-state index is 11.8. The van der Waals surface area contributed by atoms with Gasteiger partial charge in [-0.1, -0.05) is 6.92 Å². The molecule has 0 aromatic carbocycles. The Morgan fingerprint density at radius 1 is 1.28 bits per heavy atom. The maximum Gasteiger partial charge on any atom is 0.410 e. The Balaban J connectivity index is 0. The Morgan fingerprint density at radius 2 is 1.83 bits per heavy atom. The molecule has 4 N–H and O–H groups in total. The Bertz CT molecular complexity index is 273. The molecular weight excluding hydrogens is 347 g/mol. The van der Waals surface area contributed by atoms with E-state index in [0.29, 0.717) is 19.6 Å². The van der Waals surface area contributed by atoms with Crippen LogP contribution in [0.3, 0.4) is 0 Å². The van der Waals surface area contributed by atoms with Crippen molar-refractivity contribution in [1.82, 2.24) is 4.90 Å². The largest absolute Gasteiger partial charge is 0.444 e. The summed E-state index contributed by atoms with van der Waals surface area (Å²) in [4.78, 5) is 17.3. The summed E-state index contributed by atoms with van der Waals surface area (Å²) in [5.74, 6) is 0.0330. The number of ether oxygens (including phenoxy) is 1. The summed E-state index contributed by atoms with van der Waals surface area (Å²) in [6.45, 7) is 9.00. The highest BCUT2D eigenvalue weighted by atomic mass is 127. The molecule has 18 heavy (non-hydrogen) atoms. The third kappa shape index (κ3) is 10.4. The van der Waals surface area contributed by atoms with E-state index in [2.05, 4.69) is 4.99 Å². The van der Waals surface area contributed by atoms with Gasteiger partial charge in [-0.3, -0.25) is 4.99 Å². The third-order valence-electron chi connectivity index (χ3n) is 1.81. The van der Waals surface area contributed by atoms with Crippen LogP contribution in [0.15, 0.2) is 4.99 Å². The lowest BCUT2D eigenvalue weighted by atomic mass is 10.2. The van der Waals surface area contributed by atoms with Crippen LogP contribution in [0.1, 0.15) is 34.1 Å². The van der Waals surface area contributed by atoms with Crippen molar-refractivity contribution in [3.63, 3.8) is 0 Å². The van der Waals surface area contributed by atoms with Gasteiger partial charge in [-0.25, -0.2) is 4.79 Å². The molecule has 0 radical (unpaired) electrons. The zero-order valence-electron chi connectivity index (χ0n) is 11.6. The second-order valence-electron chi connectivity index (χ2n) is 4.77. The number of rotatable bonds is 5. The first kappa shape index (κ1) is 19.6. The van der Waals surface area contributed by atoms with E-state index >= 15 is 0 Å². The van der Waals surface area contributed by atoms with Crippen LogP contribution in [-0.2, 0) is 4.74 Å². The number of nitrogens with two attached hydrogens (primary N) is 2. The fourth-order valence-electron chi connectivity index (χ4n) is 1.19. The molecule has 0 unspecified atom stereocenters. The minimum atomic E-state index is -0.487. The lowest BCUT2D eigenvalue weighted by Gasteiger charge is -2.26. The topological polar surface area (TPSA) is 93.9 Å². The first-order valence-corrected chi connectivity index (χ1v) is 5.79. The van der Waals surface area contributed by atoms with Crippen molar-refractivity contribution in [3.8, 4) is 0 Å². The van der Waals surface area contributed by atoms with E-state index in [1.165, 1.54) is 0 Å². The molecule has 0 rings (SSSR count). The van der Waals surface area contributed by atoms with Crippen molar-refractivity contribution in [2.45, 2.75) is 39.7 Å². The van der Waals surface area contributed by atoms with Gasteiger partial charge in [-0.05, 0) is 27.2 Å². The summed E-state index contributed by atoms with van der Waals surface area (Å²) in [7, 11) is 0. The second kappa shape index (κ2) is 9.23. The van der Waals surface area contributed by atoms with E-state index in [1.807, 2.05) is 27.7 Å². The number of amides is 1. The van der Waals surface area contributed by atoms with Crippen LogP contribution in [-0.4, -0.2) is 42.2 Å². The number of guanidine groups is 1. The summed E-state index contributed by atoms with van der Waals surface area (Å²) < 4.78 is 5.29. The molecule has 7 heteroatoms. The number of hydrogen-bond donors (Lipinski definition) is 2. The molecule has 0 atom stereocenters. The van der Waals surface area contributed by atoms with Crippen molar-refractivity contribution in [2.75, 3.05) is 19.6 Å². The smallest absolute Gasteiger partial charge is 0.410 e. The highest BCUT2D eigenvalue weighted by Crippen LogP contribution is 2.10. The number of aliphatic imine (C=N–C) groups is 1. The van der Waals surface area contributed by atoms with Gasteiger partial charge in [0, 0.05) is 13.1 Å². The molecule has 1 amide bonds. The maximum atomic E-state index is 11.8. The fourth-order valence-corrected chi connectivity index (χ4v) is 1.19. The molecule has 0 aliphatic rings. The second-order valence-corrected chi connectivity index (χ2v) is 4.77. The van der Waals surface area contributed by atoms with Gasteiger partial charge in [0.2, 0.25) is 0 Å². The minimum absolute atomic E-state index is 0.